The first-order chi connectivity index (χ1) is 8.70. The van der Waals surface area contributed by atoms with E-state index >= 15 is 0 Å². The molecule has 0 spiro atoms. The molecule has 0 aromatic heterocycles. The van der Waals surface area contributed by atoms with E-state index in [1.807, 2.05) is 18.2 Å². The van der Waals surface area contributed by atoms with Gasteiger partial charge in [-0.2, -0.15) is 0 Å². The summed E-state index contributed by atoms with van der Waals surface area (Å²) in [5.74, 6) is 0.831. The van der Waals surface area contributed by atoms with Gasteiger partial charge in [0.2, 0.25) is 0 Å². The molecular formula is C14H11BrClIO. The van der Waals surface area contributed by atoms with Crippen LogP contribution in [0.2, 0.25) is 5.02 Å². The summed E-state index contributed by atoms with van der Waals surface area (Å²) in [5, 5.41) is 1.42. The molecule has 0 unspecified atom stereocenters. The van der Waals surface area contributed by atoms with Crippen LogP contribution >= 0.6 is 50.1 Å². The molecule has 2 rings (SSSR count). The molecule has 0 amide bonds. The normalized spacial score (nSPS) is 10.4. The Morgan fingerprint density at radius 2 is 1.83 bits per heavy atom. The summed E-state index contributed by atoms with van der Waals surface area (Å²) in [6.07, 6.45) is 0. The van der Waals surface area contributed by atoms with Crippen LogP contribution in [0.1, 0.15) is 11.1 Å². The van der Waals surface area contributed by atoms with Crippen molar-refractivity contribution in [2.24, 2.45) is 0 Å². The molecule has 0 saturated carbocycles. The quantitative estimate of drug-likeness (QED) is 0.459. The molecule has 94 valence electrons. The summed E-state index contributed by atoms with van der Waals surface area (Å²) in [5.41, 5.74) is 2.14. The number of hydrogen-bond donors (Lipinski definition) is 0. The molecule has 0 fully saturated rings. The fourth-order valence-corrected chi connectivity index (χ4v) is 2.88. The number of alkyl halides is 1. The highest BCUT2D eigenvalue weighted by Gasteiger charge is 2.06. The van der Waals surface area contributed by atoms with Gasteiger partial charge < -0.3 is 4.74 Å². The lowest BCUT2D eigenvalue weighted by Crippen LogP contribution is -1.98. The van der Waals surface area contributed by atoms with E-state index < -0.39 is 0 Å². The lowest BCUT2D eigenvalue weighted by molar-refractivity contribution is 0.304. The smallest absolute Gasteiger partial charge is 0.125 e. The third kappa shape index (κ3) is 3.62. The summed E-state index contributed by atoms with van der Waals surface area (Å²) in [6.45, 7) is 0.553. The van der Waals surface area contributed by atoms with Gasteiger partial charge in [-0.05, 0) is 52.4 Å². The molecule has 0 N–H and O–H groups in total. The van der Waals surface area contributed by atoms with Crippen LogP contribution in [0.25, 0.3) is 0 Å². The molecule has 2 aromatic carbocycles. The van der Waals surface area contributed by atoms with Crippen molar-refractivity contribution in [1.29, 1.82) is 0 Å². The predicted octanol–water partition coefficient (Wildman–Crippen LogP) is 5.42. The van der Waals surface area contributed by atoms with E-state index in [0.29, 0.717) is 11.9 Å². The number of ether oxygens (including phenoxy) is 1. The second-order valence-corrected chi connectivity index (χ2v) is 5.98. The fraction of sp³-hybridized carbons (Fsp3) is 0.143. The van der Waals surface area contributed by atoms with E-state index in [2.05, 4.69) is 62.8 Å². The zero-order valence-electron chi connectivity index (χ0n) is 9.50. The Morgan fingerprint density at radius 1 is 1.11 bits per heavy atom. The van der Waals surface area contributed by atoms with E-state index in [1.165, 1.54) is 3.57 Å². The molecule has 4 heteroatoms. The van der Waals surface area contributed by atoms with Crippen LogP contribution in [0.5, 0.6) is 5.75 Å². The SMILES string of the molecule is Clc1cccc(OCc2ccc(I)cc2)c1CBr. The van der Waals surface area contributed by atoms with E-state index in [0.717, 1.165) is 21.9 Å². The summed E-state index contributed by atoms with van der Waals surface area (Å²) in [6, 6.07) is 14.0. The van der Waals surface area contributed by atoms with Gasteiger partial charge in [0.15, 0.2) is 0 Å². The van der Waals surface area contributed by atoms with Crippen molar-refractivity contribution < 1.29 is 4.74 Å². The van der Waals surface area contributed by atoms with Crippen LogP contribution in [-0.4, -0.2) is 0 Å². The minimum atomic E-state index is 0.553. The van der Waals surface area contributed by atoms with Crippen molar-refractivity contribution in [2.45, 2.75) is 11.9 Å². The maximum atomic E-state index is 6.12. The number of rotatable bonds is 4. The van der Waals surface area contributed by atoms with Gasteiger partial charge in [-0.3, -0.25) is 0 Å². The molecule has 0 aliphatic carbocycles. The molecule has 0 atom stereocenters. The molecule has 1 nitrogen and oxygen atoms in total. The van der Waals surface area contributed by atoms with Gasteiger partial charge in [0.05, 0.1) is 0 Å². The van der Waals surface area contributed by atoms with Crippen molar-refractivity contribution >= 4 is 50.1 Å². The lowest BCUT2D eigenvalue weighted by atomic mass is 10.2. The molecule has 0 bridgehead atoms. The van der Waals surface area contributed by atoms with Crippen molar-refractivity contribution in [3.05, 3.63) is 62.2 Å². The Bertz CT molecular complexity index is 528. The lowest BCUT2D eigenvalue weighted by Gasteiger charge is -2.11. The average Bonchev–Trinajstić information content (AvgIpc) is 2.38. The Kier molecular flexibility index (Phi) is 5.33. The van der Waals surface area contributed by atoms with Gasteiger partial charge in [-0.25, -0.2) is 0 Å². The van der Waals surface area contributed by atoms with E-state index in [4.69, 9.17) is 16.3 Å². The monoisotopic (exact) mass is 436 g/mol. The van der Waals surface area contributed by atoms with Crippen LogP contribution in [0, 0.1) is 3.57 Å². The van der Waals surface area contributed by atoms with E-state index in [1.54, 1.807) is 0 Å². The van der Waals surface area contributed by atoms with Crippen LogP contribution < -0.4 is 4.74 Å². The summed E-state index contributed by atoms with van der Waals surface area (Å²) in [7, 11) is 0. The number of hydrogen-bond acceptors (Lipinski definition) is 1. The second kappa shape index (κ2) is 6.78. The Hall–Kier alpha value is -0.260. The number of halogens is 3. The van der Waals surface area contributed by atoms with Gasteiger partial charge >= 0.3 is 0 Å². The molecular weight excluding hydrogens is 426 g/mol. The molecule has 18 heavy (non-hydrogen) atoms. The van der Waals surface area contributed by atoms with Crippen LogP contribution in [0.4, 0.5) is 0 Å². The highest BCUT2D eigenvalue weighted by molar-refractivity contribution is 14.1. The maximum absolute atomic E-state index is 6.12. The van der Waals surface area contributed by atoms with E-state index in [-0.39, 0.29) is 0 Å². The predicted molar refractivity (Wildman–Crippen MR) is 87.6 cm³/mol. The second-order valence-electron chi connectivity index (χ2n) is 3.77. The van der Waals surface area contributed by atoms with Gasteiger partial charge in [0.25, 0.3) is 0 Å². The van der Waals surface area contributed by atoms with Gasteiger partial charge in [-0.15, -0.1) is 0 Å². The maximum Gasteiger partial charge on any atom is 0.125 e. The summed E-state index contributed by atoms with van der Waals surface area (Å²) >= 11 is 11.8. The summed E-state index contributed by atoms with van der Waals surface area (Å²) in [4.78, 5) is 0. The summed E-state index contributed by atoms with van der Waals surface area (Å²) < 4.78 is 7.04. The molecule has 0 aliphatic rings. The van der Waals surface area contributed by atoms with Crippen LogP contribution in [0.3, 0.4) is 0 Å². The Morgan fingerprint density at radius 3 is 2.50 bits per heavy atom. The van der Waals surface area contributed by atoms with Crippen LogP contribution in [-0.2, 0) is 11.9 Å². The first-order valence-electron chi connectivity index (χ1n) is 5.41. The van der Waals surface area contributed by atoms with Crippen molar-refractivity contribution in [3.8, 4) is 5.75 Å². The molecule has 0 heterocycles. The minimum Gasteiger partial charge on any atom is -0.489 e. The minimum absolute atomic E-state index is 0.553. The highest BCUT2D eigenvalue weighted by Crippen LogP contribution is 2.29. The molecule has 0 saturated heterocycles. The topological polar surface area (TPSA) is 9.23 Å². The third-order valence-corrected chi connectivity index (χ3v) is 4.15. The standard InChI is InChI=1S/C14H11BrClIO/c15-8-12-13(16)2-1-3-14(12)18-9-10-4-6-11(17)7-5-10/h1-7H,8-9H2. The van der Waals surface area contributed by atoms with Gasteiger partial charge in [0, 0.05) is 19.5 Å². The van der Waals surface area contributed by atoms with Crippen molar-refractivity contribution in [1.82, 2.24) is 0 Å². The molecule has 2 aromatic rings. The van der Waals surface area contributed by atoms with Gasteiger partial charge in [-0.1, -0.05) is 45.7 Å². The highest BCUT2D eigenvalue weighted by atomic mass is 127. The van der Waals surface area contributed by atoms with Crippen molar-refractivity contribution in [2.75, 3.05) is 0 Å². The average molecular weight is 438 g/mol. The third-order valence-electron chi connectivity index (χ3n) is 2.52. The zero-order chi connectivity index (χ0) is 13.0. The Balaban J connectivity index is 2.10. The fourth-order valence-electron chi connectivity index (χ4n) is 1.55. The zero-order valence-corrected chi connectivity index (χ0v) is 14.0. The first kappa shape index (κ1) is 14.2. The van der Waals surface area contributed by atoms with Gasteiger partial charge in [0.1, 0.15) is 12.4 Å². The molecule has 0 aliphatic heterocycles. The van der Waals surface area contributed by atoms with E-state index in [9.17, 15) is 0 Å². The molecule has 0 radical (unpaired) electrons. The van der Waals surface area contributed by atoms with Crippen LogP contribution in [0.15, 0.2) is 42.5 Å². The largest absolute Gasteiger partial charge is 0.489 e. The first-order valence-corrected chi connectivity index (χ1v) is 7.99. The Labute approximate surface area is 134 Å². The van der Waals surface area contributed by atoms with Crippen molar-refractivity contribution in [3.63, 3.8) is 0 Å². The number of benzene rings is 2.